The van der Waals surface area contributed by atoms with Crippen molar-refractivity contribution in [2.75, 3.05) is 39.5 Å². The predicted octanol–water partition coefficient (Wildman–Crippen LogP) is 3.21. The van der Waals surface area contributed by atoms with Crippen LogP contribution in [-0.2, 0) is 16.0 Å². The Hall–Kier alpha value is -2.45. The molecular formula is C23H34FN5O2. The monoisotopic (exact) mass is 431 g/mol. The number of nitrogens with zero attached hydrogens (tertiary/aromatic N) is 3. The fourth-order valence-electron chi connectivity index (χ4n) is 3.53. The quantitative estimate of drug-likeness (QED) is 0.343. The van der Waals surface area contributed by atoms with Gasteiger partial charge in [0.15, 0.2) is 5.96 Å². The van der Waals surface area contributed by atoms with Gasteiger partial charge in [-0.3, -0.25) is 0 Å². The van der Waals surface area contributed by atoms with Crippen molar-refractivity contribution in [2.45, 2.75) is 39.7 Å². The van der Waals surface area contributed by atoms with E-state index in [1.807, 2.05) is 19.9 Å². The average molecular weight is 432 g/mol. The first-order valence-electron chi connectivity index (χ1n) is 11.1. The molecule has 0 bridgehead atoms. The van der Waals surface area contributed by atoms with Gasteiger partial charge in [0.2, 0.25) is 0 Å². The number of hydrogen-bond acceptors (Lipinski definition) is 4. The third-order valence-electron chi connectivity index (χ3n) is 5.31. The van der Waals surface area contributed by atoms with Crippen molar-refractivity contribution in [1.82, 2.24) is 20.2 Å². The molecule has 2 heterocycles. The second kappa shape index (κ2) is 12.4. The van der Waals surface area contributed by atoms with E-state index in [1.165, 1.54) is 6.07 Å². The summed E-state index contributed by atoms with van der Waals surface area (Å²) in [4.78, 5) is 8.73. The molecule has 0 saturated carbocycles. The van der Waals surface area contributed by atoms with E-state index in [0.717, 1.165) is 76.1 Å². The fourth-order valence-corrected chi connectivity index (χ4v) is 3.53. The van der Waals surface area contributed by atoms with Crippen LogP contribution in [0.5, 0.6) is 0 Å². The molecule has 1 aromatic carbocycles. The number of aryl methyl sites for hydroxylation is 1. The number of imidazole rings is 1. The van der Waals surface area contributed by atoms with E-state index < -0.39 is 0 Å². The molecule has 1 aromatic heterocycles. The molecule has 2 N–H and O–H groups in total. The minimum atomic E-state index is -0.284. The van der Waals surface area contributed by atoms with Crippen LogP contribution in [0.3, 0.4) is 0 Å². The molecule has 0 amide bonds. The van der Waals surface area contributed by atoms with Crippen LogP contribution in [0, 0.1) is 18.7 Å². The zero-order valence-corrected chi connectivity index (χ0v) is 18.6. The molecule has 31 heavy (non-hydrogen) atoms. The summed E-state index contributed by atoms with van der Waals surface area (Å²) in [5, 5.41) is 6.55. The van der Waals surface area contributed by atoms with E-state index in [4.69, 9.17) is 9.47 Å². The van der Waals surface area contributed by atoms with Gasteiger partial charge in [0, 0.05) is 51.9 Å². The average Bonchev–Trinajstić information content (AvgIpc) is 3.20. The highest BCUT2D eigenvalue weighted by Gasteiger charge is 2.13. The van der Waals surface area contributed by atoms with Gasteiger partial charge in [-0.2, -0.15) is 0 Å². The second-order valence-corrected chi connectivity index (χ2v) is 7.74. The van der Waals surface area contributed by atoms with Gasteiger partial charge in [0.25, 0.3) is 0 Å². The Labute approximate surface area is 184 Å². The summed E-state index contributed by atoms with van der Waals surface area (Å²) in [6.45, 7) is 9.06. The zero-order chi connectivity index (χ0) is 21.9. The van der Waals surface area contributed by atoms with E-state index in [1.54, 1.807) is 23.0 Å². The third kappa shape index (κ3) is 7.33. The maximum Gasteiger partial charge on any atom is 0.191 e. The summed E-state index contributed by atoms with van der Waals surface area (Å²) in [5.74, 6) is 1.82. The topological polar surface area (TPSA) is 72.7 Å². The number of aromatic nitrogens is 2. The number of nitrogens with one attached hydrogen (secondary N) is 2. The van der Waals surface area contributed by atoms with Gasteiger partial charge in [-0.1, -0.05) is 6.07 Å². The van der Waals surface area contributed by atoms with Crippen molar-refractivity contribution in [3.05, 3.63) is 47.8 Å². The standard InChI is InChI=1S/C23H34FN5O2/c1-3-25-23(27-9-4-12-31-17-19-7-13-30-14-8-19)28-16-20-5-6-22(21(24)15-20)29-11-10-26-18(29)2/h5-6,10-11,15,19H,3-4,7-9,12-14,16-17H2,1-2H3,(H2,25,27,28). The summed E-state index contributed by atoms with van der Waals surface area (Å²) in [7, 11) is 0. The Bertz CT molecular complexity index is 833. The van der Waals surface area contributed by atoms with Crippen molar-refractivity contribution in [3.63, 3.8) is 0 Å². The van der Waals surface area contributed by atoms with Crippen molar-refractivity contribution in [1.29, 1.82) is 0 Å². The lowest BCUT2D eigenvalue weighted by Crippen LogP contribution is -2.38. The molecule has 0 unspecified atom stereocenters. The lowest BCUT2D eigenvalue weighted by Gasteiger charge is -2.21. The van der Waals surface area contributed by atoms with Crippen molar-refractivity contribution in [3.8, 4) is 5.69 Å². The van der Waals surface area contributed by atoms with E-state index in [2.05, 4.69) is 20.6 Å². The summed E-state index contributed by atoms with van der Waals surface area (Å²) < 4.78 is 27.5. The highest BCUT2D eigenvalue weighted by molar-refractivity contribution is 5.79. The van der Waals surface area contributed by atoms with Gasteiger partial charge in [0.1, 0.15) is 11.6 Å². The number of halogens is 1. The van der Waals surface area contributed by atoms with Crippen LogP contribution in [0.1, 0.15) is 37.6 Å². The van der Waals surface area contributed by atoms with Gasteiger partial charge in [0.05, 0.1) is 12.2 Å². The van der Waals surface area contributed by atoms with Gasteiger partial charge >= 0.3 is 0 Å². The molecule has 1 fully saturated rings. The Morgan fingerprint density at radius 2 is 2.16 bits per heavy atom. The minimum absolute atomic E-state index is 0.284. The SMILES string of the molecule is CCNC(=NCc1ccc(-n2ccnc2C)c(F)c1)NCCCOCC1CCOCC1. The molecule has 8 heteroatoms. The number of ether oxygens (including phenoxy) is 2. The zero-order valence-electron chi connectivity index (χ0n) is 18.6. The number of guanidine groups is 1. The van der Waals surface area contributed by atoms with Crippen molar-refractivity contribution < 1.29 is 13.9 Å². The molecule has 1 aliphatic heterocycles. The first-order chi connectivity index (χ1) is 15.2. The number of benzene rings is 1. The molecule has 0 spiro atoms. The maximum atomic E-state index is 14.6. The molecule has 0 aliphatic carbocycles. The molecule has 3 rings (SSSR count). The maximum absolute atomic E-state index is 14.6. The molecule has 7 nitrogen and oxygen atoms in total. The van der Waals surface area contributed by atoms with Crippen molar-refractivity contribution >= 4 is 5.96 Å². The first-order valence-corrected chi connectivity index (χ1v) is 11.1. The molecule has 0 atom stereocenters. The number of hydrogen-bond donors (Lipinski definition) is 2. The Morgan fingerprint density at radius 3 is 2.87 bits per heavy atom. The van der Waals surface area contributed by atoms with Crippen LogP contribution < -0.4 is 10.6 Å². The summed E-state index contributed by atoms with van der Waals surface area (Å²) in [5.41, 5.74) is 1.31. The minimum Gasteiger partial charge on any atom is -0.381 e. The van der Waals surface area contributed by atoms with Crippen molar-refractivity contribution in [2.24, 2.45) is 10.9 Å². The third-order valence-corrected chi connectivity index (χ3v) is 5.31. The predicted molar refractivity (Wildman–Crippen MR) is 120 cm³/mol. The normalized spacial score (nSPS) is 15.3. The molecule has 0 radical (unpaired) electrons. The number of rotatable bonds is 10. The Balaban J connectivity index is 1.43. The van der Waals surface area contributed by atoms with Gasteiger partial charge in [-0.15, -0.1) is 0 Å². The van der Waals surface area contributed by atoms with Crippen LogP contribution in [0.25, 0.3) is 5.69 Å². The largest absolute Gasteiger partial charge is 0.381 e. The Morgan fingerprint density at radius 1 is 1.32 bits per heavy atom. The highest BCUT2D eigenvalue weighted by Crippen LogP contribution is 2.17. The van der Waals surface area contributed by atoms with Gasteiger partial charge in [-0.25, -0.2) is 14.4 Å². The lowest BCUT2D eigenvalue weighted by molar-refractivity contribution is 0.0203. The molecule has 1 saturated heterocycles. The highest BCUT2D eigenvalue weighted by atomic mass is 19.1. The second-order valence-electron chi connectivity index (χ2n) is 7.74. The van der Waals surface area contributed by atoms with E-state index in [9.17, 15) is 4.39 Å². The molecule has 170 valence electrons. The van der Waals surface area contributed by atoms with E-state index >= 15 is 0 Å². The lowest BCUT2D eigenvalue weighted by atomic mass is 10.0. The van der Waals surface area contributed by atoms with Crippen LogP contribution in [0.2, 0.25) is 0 Å². The van der Waals surface area contributed by atoms with E-state index in [0.29, 0.717) is 18.2 Å². The number of aliphatic imine (C=N–C) groups is 1. The van der Waals surface area contributed by atoms with Gasteiger partial charge in [-0.05, 0) is 56.7 Å². The molecule has 1 aliphatic rings. The smallest absolute Gasteiger partial charge is 0.191 e. The van der Waals surface area contributed by atoms with Crippen LogP contribution in [0.15, 0.2) is 35.6 Å². The first kappa shape index (κ1) is 23.2. The van der Waals surface area contributed by atoms with Crippen LogP contribution in [0.4, 0.5) is 4.39 Å². The summed E-state index contributed by atoms with van der Waals surface area (Å²) >= 11 is 0. The summed E-state index contributed by atoms with van der Waals surface area (Å²) in [6.07, 6.45) is 6.52. The fraction of sp³-hybridized carbons (Fsp3) is 0.565. The molecule has 2 aromatic rings. The van der Waals surface area contributed by atoms with Crippen LogP contribution >= 0.6 is 0 Å². The summed E-state index contributed by atoms with van der Waals surface area (Å²) in [6, 6.07) is 5.20. The van der Waals surface area contributed by atoms with Crippen LogP contribution in [-0.4, -0.2) is 55.0 Å². The Kier molecular flexibility index (Phi) is 9.30. The van der Waals surface area contributed by atoms with Gasteiger partial charge < -0.3 is 24.7 Å². The molecular weight excluding hydrogens is 397 g/mol. The van der Waals surface area contributed by atoms with E-state index in [-0.39, 0.29) is 5.82 Å².